The van der Waals surface area contributed by atoms with Gasteiger partial charge in [-0.2, -0.15) is 4.31 Å². The van der Waals surface area contributed by atoms with Gasteiger partial charge in [0.15, 0.2) is 0 Å². The number of carbonyl (C=O) groups is 1. The zero-order valence-corrected chi connectivity index (χ0v) is 20.5. The SMILES string of the molecule is CCN(CC)S(=O)(=O)c1ccc(C(=O)Nc2ccc(S(=O)(=O)Nc3nccc(C)n3)cc2)cc1. The molecule has 0 spiro atoms. The Morgan fingerprint density at radius 3 is 2.03 bits per heavy atom. The molecule has 1 aromatic heterocycles. The van der Waals surface area contributed by atoms with Crippen molar-refractivity contribution < 1.29 is 21.6 Å². The quantitative estimate of drug-likeness (QED) is 0.458. The van der Waals surface area contributed by atoms with E-state index in [4.69, 9.17) is 0 Å². The fourth-order valence-corrected chi connectivity index (χ4v) is 5.50. The molecule has 1 amide bonds. The van der Waals surface area contributed by atoms with Crippen molar-refractivity contribution in [1.82, 2.24) is 14.3 Å². The van der Waals surface area contributed by atoms with Gasteiger partial charge in [-0.15, -0.1) is 0 Å². The van der Waals surface area contributed by atoms with Gasteiger partial charge in [-0.3, -0.25) is 4.79 Å². The predicted octanol–water partition coefficient (Wildman–Crippen LogP) is 2.87. The second-order valence-corrected chi connectivity index (χ2v) is 10.8. The van der Waals surface area contributed by atoms with Crippen molar-refractivity contribution >= 4 is 37.6 Å². The maximum atomic E-state index is 12.6. The molecular formula is C22H25N5O5S2. The van der Waals surface area contributed by atoms with Gasteiger partial charge in [0.05, 0.1) is 9.79 Å². The Morgan fingerprint density at radius 2 is 1.47 bits per heavy atom. The molecule has 10 nitrogen and oxygen atoms in total. The molecule has 34 heavy (non-hydrogen) atoms. The van der Waals surface area contributed by atoms with E-state index in [2.05, 4.69) is 20.0 Å². The molecule has 0 saturated heterocycles. The number of aromatic nitrogens is 2. The predicted molar refractivity (Wildman–Crippen MR) is 129 cm³/mol. The van der Waals surface area contributed by atoms with Gasteiger partial charge in [0.2, 0.25) is 16.0 Å². The van der Waals surface area contributed by atoms with E-state index in [0.29, 0.717) is 24.5 Å². The molecule has 180 valence electrons. The number of anilines is 2. The maximum Gasteiger partial charge on any atom is 0.264 e. The van der Waals surface area contributed by atoms with Crippen molar-refractivity contribution in [3.63, 3.8) is 0 Å². The highest BCUT2D eigenvalue weighted by Gasteiger charge is 2.22. The molecule has 0 fully saturated rings. The minimum absolute atomic E-state index is 0.0263. The molecule has 3 aromatic rings. The average Bonchev–Trinajstić information content (AvgIpc) is 2.80. The van der Waals surface area contributed by atoms with Crippen LogP contribution in [0.2, 0.25) is 0 Å². The molecule has 12 heteroatoms. The van der Waals surface area contributed by atoms with Crippen LogP contribution in [0.25, 0.3) is 0 Å². The van der Waals surface area contributed by atoms with Crippen LogP contribution in [-0.4, -0.2) is 50.1 Å². The van der Waals surface area contributed by atoms with Gasteiger partial charge in [-0.1, -0.05) is 13.8 Å². The van der Waals surface area contributed by atoms with Gasteiger partial charge in [-0.05, 0) is 61.5 Å². The van der Waals surface area contributed by atoms with E-state index in [1.165, 1.54) is 59.0 Å². The Labute approximate surface area is 199 Å². The van der Waals surface area contributed by atoms with Crippen LogP contribution in [0.4, 0.5) is 11.6 Å². The molecule has 0 bridgehead atoms. The molecule has 0 saturated carbocycles. The fraction of sp³-hybridized carbons (Fsp3) is 0.227. The fourth-order valence-electron chi connectivity index (χ4n) is 3.09. The van der Waals surface area contributed by atoms with Crippen LogP contribution in [0.1, 0.15) is 29.9 Å². The summed E-state index contributed by atoms with van der Waals surface area (Å²) in [5, 5.41) is 2.66. The number of amides is 1. The lowest BCUT2D eigenvalue weighted by atomic mass is 10.2. The summed E-state index contributed by atoms with van der Waals surface area (Å²) in [4.78, 5) is 20.5. The summed E-state index contributed by atoms with van der Waals surface area (Å²) in [7, 11) is -7.52. The summed E-state index contributed by atoms with van der Waals surface area (Å²) in [6.07, 6.45) is 1.45. The number of benzene rings is 2. The van der Waals surface area contributed by atoms with Crippen LogP contribution in [-0.2, 0) is 20.0 Å². The number of aryl methyl sites for hydroxylation is 1. The molecule has 0 radical (unpaired) electrons. The second kappa shape index (κ2) is 10.3. The summed E-state index contributed by atoms with van der Waals surface area (Å²) >= 11 is 0. The number of rotatable bonds is 9. The van der Waals surface area contributed by atoms with E-state index < -0.39 is 26.0 Å². The minimum atomic E-state index is -3.91. The highest BCUT2D eigenvalue weighted by Crippen LogP contribution is 2.19. The molecule has 1 heterocycles. The van der Waals surface area contributed by atoms with Crippen molar-refractivity contribution in [3.8, 4) is 0 Å². The van der Waals surface area contributed by atoms with E-state index in [-0.39, 0.29) is 21.3 Å². The highest BCUT2D eigenvalue weighted by molar-refractivity contribution is 7.92. The van der Waals surface area contributed by atoms with E-state index in [1.807, 2.05) is 0 Å². The van der Waals surface area contributed by atoms with Crippen molar-refractivity contribution in [3.05, 3.63) is 72.1 Å². The first-order valence-electron chi connectivity index (χ1n) is 10.4. The van der Waals surface area contributed by atoms with Crippen molar-refractivity contribution in [1.29, 1.82) is 0 Å². The lowest BCUT2D eigenvalue weighted by Crippen LogP contribution is -2.30. The third-order valence-electron chi connectivity index (χ3n) is 4.90. The van der Waals surface area contributed by atoms with Crippen LogP contribution in [0.15, 0.2) is 70.6 Å². The number of nitrogens with zero attached hydrogens (tertiary/aromatic N) is 3. The molecule has 0 aliphatic heterocycles. The Bertz CT molecular complexity index is 1370. The minimum Gasteiger partial charge on any atom is -0.322 e. The maximum absolute atomic E-state index is 12.6. The van der Waals surface area contributed by atoms with E-state index in [9.17, 15) is 21.6 Å². The standard InChI is InChI=1S/C22H25N5O5S2/c1-4-27(5-2)34(31,32)20-10-6-17(7-11-20)21(28)25-18-8-12-19(13-9-18)33(29,30)26-22-23-15-14-16(3)24-22/h6-15H,4-5H2,1-3H3,(H,25,28)(H,23,24,26). The topological polar surface area (TPSA) is 138 Å². The summed E-state index contributed by atoms with van der Waals surface area (Å²) in [5.74, 6) is -0.502. The Morgan fingerprint density at radius 1 is 0.882 bits per heavy atom. The van der Waals surface area contributed by atoms with Crippen LogP contribution in [0, 0.1) is 6.92 Å². The van der Waals surface area contributed by atoms with E-state index in [0.717, 1.165) is 0 Å². The molecule has 2 aromatic carbocycles. The number of nitrogens with one attached hydrogen (secondary N) is 2. The van der Waals surface area contributed by atoms with Gasteiger partial charge in [0.1, 0.15) is 0 Å². The number of sulfonamides is 2. The van der Waals surface area contributed by atoms with Gasteiger partial charge < -0.3 is 5.32 Å². The second-order valence-electron chi connectivity index (χ2n) is 7.22. The van der Waals surface area contributed by atoms with Gasteiger partial charge in [0, 0.05) is 36.2 Å². The van der Waals surface area contributed by atoms with Crippen molar-refractivity contribution in [2.75, 3.05) is 23.1 Å². The lowest BCUT2D eigenvalue weighted by Gasteiger charge is -2.18. The van der Waals surface area contributed by atoms with E-state index >= 15 is 0 Å². The van der Waals surface area contributed by atoms with Crippen molar-refractivity contribution in [2.45, 2.75) is 30.6 Å². The zero-order chi connectivity index (χ0) is 24.9. The summed E-state index contributed by atoms with van der Waals surface area (Å²) < 4.78 is 53.9. The monoisotopic (exact) mass is 503 g/mol. The molecule has 0 atom stereocenters. The molecule has 0 aliphatic rings. The first-order chi connectivity index (χ1) is 16.1. The summed E-state index contributed by atoms with van der Waals surface area (Å²) in [5.41, 5.74) is 1.24. The summed E-state index contributed by atoms with van der Waals surface area (Å²) in [6.45, 7) is 5.92. The first-order valence-corrected chi connectivity index (χ1v) is 13.3. The Hall–Kier alpha value is -3.35. The normalized spacial score (nSPS) is 11.9. The summed E-state index contributed by atoms with van der Waals surface area (Å²) in [6, 6.07) is 12.8. The van der Waals surface area contributed by atoms with Crippen LogP contribution >= 0.6 is 0 Å². The van der Waals surface area contributed by atoms with Crippen LogP contribution < -0.4 is 10.0 Å². The highest BCUT2D eigenvalue weighted by atomic mass is 32.2. The number of hydrogen-bond donors (Lipinski definition) is 2. The molecule has 0 aliphatic carbocycles. The molecule has 2 N–H and O–H groups in total. The molecule has 3 rings (SSSR count). The Kier molecular flexibility index (Phi) is 7.64. The zero-order valence-electron chi connectivity index (χ0n) is 18.9. The number of hydrogen-bond acceptors (Lipinski definition) is 7. The van der Waals surface area contributed by atoms with Crippen LogP contribution in [0.5, 0.6) is 0 Å². The Balaban J connectivity index is 1.70. The number of carbonyl (C=O) groups excluding carboxylic acids is 1. The largest absolute Gasteiger partial charge is 0.322 e. The van der Waals surface area contributed by atoms with E-state index in [1.54, 1.807) is 26.8 Å². The average molecular weight is 504 g/mol. The molecule has 0 unspecified atom stereocenters. The lowest BCUT2D eigenvalue weighted by molar-refractivity contribution is 0.102. The van der Waals surface area contributed by atoms with Gasteiger partial charge in [-0.25, -0.2) is 31.5 Å². The molecular weight excluding hydrogens is 478 g/mol. The third kappa shape index (κ3) is 5.76. The van der Waals surface area contributed by atoms with Gasteiger partial charge >= 0.3 is 0 Å². The van der Waals surface area contributed by atoms with Crippen LogP contribution in [0.3, 0.4) is 0 Å². The smallest absolute Gasteiger partial charge is 0.264 e. The van der Waals surface area contributed by atoms with Gasteiger partial charge in [0.25, 0.3) is 15.9 Å². The van der Waals surface area contributed by atoms with Crippen molar-refractivity contribution in [2.24, 2.45) is 0 Å². The third-order valence-corrected chi connectivity index (χ3v) is 8.31. The first kappa shape index (κ1) is 25.3.